The second kappa shape index (κ2) is 11.8. The van der Waals surface area contributed by atoms with Crippen molar-refractivity contribution in [3.63, 3.8) is 0 Å². The highest BCUT2D eigenvalue weighted by Crippen LogP contribution is 2.32. The molecule has 3 aromatic carbocycles. The number of hydrogen-bond acceptors (Lipinski definition) is 3. The van der Waals surface area contributed by atoms with E-state index >= 15 is 0 Å². The van der Waals surface area contributed by atoms with E-state index < -0.39 is 5.91 Å². The summed E-state index contributed by atoms with van der Waals surface area (Å²) < 4.78 is 7.66. The molecular formula is C24H15Cl3I2N2O2. The highest BCUT2D eigenvalue weighted by molar-refractivity contribution is 14.1. The van der Waals surface area contributed by atoms with Gasteiger partial charge in [-0.15, -0.1) is 0 Å². The molecule has 0 aliphatic heterocycles. The van der Waals surface area contributed by atoms with Crippen LogP contribution in [-0.4, -0.2) is 5.91 Å². The average molecular weight is 724 g/mol. The first kappa shape index (κ1) is 26.1. The highest BCUT2D eigenvalue weighted by atomic mass is 127. The molecule has 0 fully saturated rings. The third-order valence-electron chi connectivity index (χ3n) is 4.60. The van der Waals surface area contributed by atoms with Crippen molar-refractivity contribution in [2.45, 2.75) is 13.5 Å². The quantitative estimate of drug-likeness (QED) is 0.158. The molecule has 0 saturated heterocycles. The molecule has 3 aromatic rings. The van der Waals surface area contributed by atoms with Crippen molar-refractivity contribution in [2.24, 2.45) is 0 Å². The van der Waals surface area contributed by atoms with Gasteiger partial charge in [0.2, 0.25) is 0 Å². The van der Waals surface area contributed by atoms with Crippen molar-refractivity contribution in [3.05, 3.63) is 93.0 Å². The number of carbonyl (C=O) groups excluding carboxylic acids is 1. The SMILES string of the molecule is Cc1c(Cl)cccc1NC(=O)/C(C#N)=C\c1cc(I)c(OCc2ccc(Cl)cc2Cl)c(I)c1. The van der Waals surface area contributed by atoms with Gasteiger partial charge in [0, 0.05) is 26.3 Å². The second-order valence-electron chi connectivity index (χ2n) is 6.87. The number of rotatable bonds is 6. The van der Waals surface area contributed by atoms with Crippen molar-refractivity contribution in [1.82, 2.24) is 0 Å². The lowest BCUT2D eigenvalue weighted by molar-refractivity contribution is -0.112. The van der Waals surface area contributed by atoms with Crippen molar-refractivity contribution < 1.29 is 9.53 Å². The van der Waals surface area contributed by atoms with E-state index in [1.165, 1.54) is 0 Å². The summed E-state index contributed by atoms with van der Waals surface area (Å²) in [5, 5.41) is 13.9. The zero-order chi connectivity index (χ0) is 24.1. The minimum absolute atomic E-state index is 0.0254. The molecule has 0 aliphatic carbocycles. The van der Waals surface area contributed by atoms with Crippen molar-refractivity contribution in [2.75, 3.05) is 5.32 Å². The van der Waals surface area contributed by atoms with Crippen LogP contribution in [0.1, 0.15) is 16.7 Å². The smallest absolute Gasteiger partial charge is 0.266 e. The Bertz CT molecular complexity index is 1280. The van der Waals surface area contributed by atoms with Gasteiger partial charge in [-0.2, -0.15) is 5.26 Å². The molecule has 1 amide bonds. The summed E-state index contributed by atoms with van der Waals surface area (Å²) in [6.07, 6.45) is 1.54. The summed E-state index contributed by atoms with van der Waals surface area (Å²) in [4.78, 5) is 12.7. The predicted octanol–water partition coefficient (Wildman–Crippen LogP) is 8.29. The van der Waals surface area contributed by atoms with Crippen molar-refractivity contribution >= 4 is 97.7 Å². The van der Waals surface area contributed by atoms with E-state index in [2.05, 4.69) is 50.5 Å². The topological polar surface area (TPSA) is 62.1 Å². The van der Waals surface area contributed by atoms with Gasteiger partial charge in [-0.1, -0.05) is 46.9 Å². The number of nitriles is 1. The lowest BCUT2D eigenvalue weighted by Crippen LogP contribution is -2.14. The van der Waals surface area contributed by atoms with E-state index in [1.807, 2.05) is 24.3 Å². The van der Waals surface area contributed by atoms with Crippen LogP contribution in [0, 0.1) is 25.4 Å². The summed E-state index contributed by atoms with van der Waals surface area (Å²) in [5.74, 6) is 0.183. The Balaban J connectivity index is 1.80. The van der Waals surface area contributed by atoms with Crippen LogP contribution in [0.2, 0.25) is 15.1 Å². The number of carbonyl (C=O) groups is 1. The van der Waals surface area contributed by atoms with Crippen LogP contribution in [0.25, 0.3) is 6.08 Å². The van der Waals surface area contributed by atoms with E-state index in [0.717, 1.165) is 18.3 Å². The number of nitrogens with one attached hydrogen (secondary N) is 1. The molecule has 0 aromatic heterocycles. The number of ether oxygens (including phenoxy) is 1. The van der Waals surface area contributed by atoms with E-state index in [0.29, 0.717) is 32.1 Å². The highest BCUT2D eigenvalue weighted by Gasteiger charge is 2.14. The van der Waals surface area contributed by atoms with Crippen LogP contribution in [0.5, 0.6) is 5.75 Å². The number of benzene rings is 3. The summed E-state index contributed by atoms with van der Waals surface area (Å²) in [6, 6.07) is 16.1. The number of anilines is 1. The molecule has 3 rings (SSSR count). The Morgan fingerprint density at radius 1 is 1.09 bits per heavy atom. The first-order chi connectivity index (χ1) is 15.7. The van der Waals surface area contributed by atoms with Gasteiger partial charge in [-0.25, -0.2) is 0 Å². The lowest BCUT2D eigenvalue weighted by Gasteiger charge is -2.13. The van der Waals surface area contributed by atoms with Crippen LogP contribution in [0.3, 0.4) is 0 Å². The maximum atomic E-state index is 12.7. The molecule has 1 N–H and O–H groups in total. The minimum atomic E-state index is -0.509. The minimum Gasteiger partial charge on any atom is -0.487 e. The van der Waals surface area contributed by atoms with E-state index in [-0.39, 0.29) is 12.2 Å². The number of halogens is 5. The molecule has 4 nitrogen and oxygen atoms in total. The normalized spacial score (nSPS) is 11.1. The fraction of sp³-hybridized carbons (Fsp3) is 0.0833. The molecule has 0 atom stereocenters. The van der Waals surface area contributed by atoms with Gasteiger partial charge in [-0.3, -0.25) is 4.79 Å². The predicted molar refractivity (Wildman–Crippen MR) is 151 cm³/mol. The Morgan fingerprint density at radius 3 is 2.42 bits per heavy atom. The van der Waals surface area contributed by atoms with E-state index in [1.54, 1.807) is 43.3 Å². The molecule has 0 bridgehead atoms. The molecule has 168 valence electrons. The van der Waals surface area contributed by atoms with Gasteiger partial charge in [0.05, 0.1) is 7.14 Å². The monoisotopic (exact) mass is 722 g/mol. The van der Waals surface area contributed by atoms with Crippen LogP contribution in [-0.2, 0) is 11.4 Å². The van der Waals surface area contributed by atoms with Gasteiger partial charge in [-0.05, 0) is 106 Å². The summed E-state index contributed by atoms with van der Waals surface area (Å²) in [6.45, 7) is 2.08. The van der Waals surface area contributed by atoms with Gasteiger partial charge in [0.1, 0.15) is 24.0 Å². The third kappa shape index (κ3) is 6.76. The molecule has 0 spiro atoms. The first-order valence-electron chi connectivity index (χ1n) is 9.43. The molecule has 0 heterocycles. The Labute approximate surface area is 234 Å². The number of amides is 1. The Morgan fingerprint density at radius 2 is 1.79 bits per heavy atom. The average Bonchev–Trinajstić information content (AvgIpc) is 2.75. The number of nitrogens with zero attached hydrogens (tertiary/aromatic N) is 1. The zero-order valence-corrected chi connectivity index (χ0v) is 23.6. The Kier molecular flexibility index (Phi) is 9.30. The molecule has 0 saturated carbocycles. The summed E-state index contributed by atoms with van der Waals surface area (Å²) in [5.41, 5.74) is 2.78. The standard InChI is InChI=1S/C24H15Cl3I2N2O2/c1-13-18(26)3-2-4-22(13)31-24(32)16(11-30)7-14-8-20(28)23(21(29)9-14)33-12-15-5-6-17(25)10-19(15)27/h2-10H,12H2,1H3,(H,31,32)/b16-7-. The zero-order valence-electron chi connectivity index (χ0n) is 17.1. The van der Waals surface area contributed by atoms with Crippen LogP contribution < -0.4 is 10.1 Å². The van der Waals surface area contributed by atoms with Crippen LogP contribution in [0.4, 0.5) is 5.69 Å². The van der Waals surface area contributed by atoms with Crippen molar-refractivity contribution in [1.29, 1.82) is 5.26 Å². The van der Waals surface area contributed by atoms with E-state index in [9.17, 15) is 10.1 Å². The third-order valence-corrected chi connectivity index (χ3v) is 7.20. The molecule has 9 heteroatoms. The number of hydrogen-bond donors (Lipinski definition) is 1. The van der Waals surface area contributed by atoms with Crippen molar-refractivity contribution in [3.8, 4) is 11.8 Å². The van der Waals surface area contributed by atoms with Gasteiger partial charge in [0.15, 0.2) is 0 Å². The second-order valence-corrected chi connectivity index (χ2v) is 10.4. The molecule has 0 radical (unpaired) electrons. The molecule has 33 heavy (non-hydrogen) atoms. The largest absolute Gasteiger partial charge is 0.487 e. The van der Waals surface area contributed by atoms with Crippen LogP contribution >= 0.6 is 80.0 Å². The molecule has 0 unspecified atom stereocenters. The Hall–Kier alpha value is -1.51. The maximum Gasteiger partial charge on any atom is 0.266 e. The van der Waals surface area contributed by atoms with Crippen LogP contribution in [0.15, 0.2) is 54.1 Å². The molecular weight excluding hydrogens is 708 g/mol. The van der Waals surface area contributed by atoms with E-state index in [4.69, 9.17) is 39.5 Å². The fourth-order valence-electron chi connectivity index (χ4n) is 2.84. The van der Waals surface area contributed by atoms with Gasteiger partial charge >= 0.3 is 0 Å². The lowest BCUT2D eigenvalue weighted by atomic mass is 10.1. The van der Waals surface area contributed by atoms with Gasteiger partial charge < -0.3 is 10.1 Å². The van der Waals surface area contributed by atoms with Gasteiger partial charge in [0.25, 0.3) is 5.91 Å². The summed E-state index contributed by atoms with van der Waals surface area (Å²) >= 11 is 22.6. The molecule has 0 aliphatic rings. The fourth-order valence-corrected chi connectivity index (χ4v) is 5.60. The first-order valence-corrected chi connectivity index (χ1v) is 12.7. The summed E-state index contributed by atoms with van der Waals surface area (Å²) in [7, 11) is 0. The maximum absolute atomic E-state index is 12.7.